The molecule has 0 unspecified atom stereocenters. The lowest BCUT2D eigenvalue weighted by atomic mass is 10.2. The van der Waals surface area contributed by atoms with Crippen LogP contribution in [0, 0.1) is 5.95 Å². The third-order valence-corrected chi connectivity index (χ3v) is 2.61. The lowest BCUT2D eigenvalue weighted by Crippen LogP contribution is -2.05. The second-order valence-electron chi connectivity index (χ2n) is 3.68. The molecular weight excluding hydrogens is 284 g/mol. The van der Waals surface area contributed by atoms with Crippen LogP contribution in [0.1, 0.15) is 5.56 Å². The SMILES string of the molecule is Fc1cc(Nc2ccc(C(F)(F)F)cc2Cl)ccn1. The summed E-state index contributed by atoms with van der Waals surface area (Å²) in [5.74, 6) is -0.701. The highest BCUT2D eigenvalue weighted by molar-refractivity contribution is 6.33. The zero-order valence-electron chi connectivity index (χ0n) is 9.30. The summed E-state index contributed by atoms with van der Waals surface area (Å²) in [6, 6.07) is 5.46. The number of anilines is 2. The van der Waals surface area contributed by atoms with E-state index in [4.69, 9.17) is 11.6 Å². The van der Waals surface area contributed by atoms with Crippen molar-refractivity contribution >= 4 is 23.0 Å². The van der Waals surface area contributed by atoms with E-state index >= 15 is 0 Å². The second kappa shape index (κ2) is 5.05. The van der Waals surface area contributed by atoms with E-state index in [0.29, 0.717) is 5.69 Å². The fraction of sp³-hybridized carbons (Fsp3) is 0.0833. The molecule has 0 aliphatic carbocycles. The van der Waals surface area contributed by atoms with E-state index in [1.807, 2.05) is 0 Å². The standard InChI is InChI=1S/C12H7ClF4N2/c13-9-5-7(12(15,16)17)1-2-10(9)19-8-3-4-18-11(14)6-8/h1-6H,(H,18,19). The zero-order valence-corrected chi connectivity index (χ0v) is 10.1. The first-order chi connectivity index (χ1) is 8.86. The van der Waals surface area contributed by atoms with Gasteiger partial charge in [-0.2, -0.15) is 17.6 Å². The molecule has 2 nitrogen and oxygen atoms in total. The van der Waals surface area contributed by atoms with Gasteiger partial charge < -0.3 is 5.32 Å². The minimum Gasteiger partial charge on any atom is -0.354 e. The Hall–Kier alpha value is -1.82. The number of halogens is 5. The Kier molecular flexibility index (Phi) is 3.61. The Morgan fingerprint density at radius 3 is 2.42 bits per heavy atom. The molecule has 0 bridgehead atoms. The van der Waals surface area contributed by atoms with Crippen molar-refractivity contribution in [3.8, 4) is 0 Å². The van der Waals surface area contributed by atoms with Crippen molar-refractivity contribution in [1.29, 1.82) is 0 Å². The van der Waals surface area contributed by atoms with Crippen LogP contribution in [-0.2, 0) is 6.18 Å². The smallest absolute Gasteiger partial charge is 0.354 e. The van der Waals surface area contributed by atoms with Gasteiger partial charge in [0.25, 0.3) is 0 Å². The number of nitrogens with zero attached hydrogens (tertiary/aromatic N) is 1. The number of hydrogen-bond donors (Lipinski definition) is 1. The van der Waals surface area contributed by atoms with Gasteiger partial charge in [-0.15, -0.1) is 0 Å². The van der Waals surface area contributed by atoms with Crippen LogP contribution < -0.4 is 5.32 Å². The number of benzene rings is 1. The average molecular weight is 291 g/mol. The molecule has 1 heterocycles. The van der Waals surface area contributed by atoms with Gasteiger partial charge in [-0.05, 0) is 24.3 Å². The Labute approximate surface area is 111 Å². The second-order valence-corrected chi connectivity index (χ2v) is 4.09. The summed E-state index contributed by atoms with van der Waals surface area (Å²) < 4.78 is 50.2. The molecule has 0 radical (unpaired) electrons. The molecule has 1 N–H and O–H groups in total. The van der Waals surface area contributed by atoms with Crippen molar-refractivity contribution in [2.24, 2.45) is 0 Å². The van der Waals surface area contributed by atoms with Gasteiger partial charge in [0.1, 0.15) is 0 Å². The normalized spacial score (nSPS) is 11.4. The summed E-state index contributed by atoms with van der Waals surface area (Å²) in [4.78, 5) is 3.36. The highest BCUT2D eigenvalue weighted by Gasteiger charge is 2.30. The zero-order chi connectivity index (χ0) is 14.0. The molecule has 0 aliphatic rings. The average Bonchev–Trinajstić information content (AvgIpc) is 2.30. The van der Waals surface area contributed by atoms with Gasteiger partial charge in [-0.1, -0.05) is 11.6 Å². The lowest BCUT2D eigenvalue weighted by molar-refractivity contribution is -0.137. The van der Waals surface area contributed by atoms with Crippen molar-refractivity contribution in [2.45, 2.75) is 6.18 Å². The number of aromatic nitrogens is 1. The quantitative estimate of drug-likeness (QED) is 0.644. The predicted octanol–water partition coefficient (Wildman–Crippen LogP) is 4.64. The van der Waals surface area contributed by atoms with Gasteiger partial charge >= 0.3 is 6.18 Å². The van der Waals surface area contributed by atoms with E-state index in [0.717, 1.165) is 18.2 Å². The summed E-state index contributed by atoms with van der Waals surface area (Å²) in [7, 11) is 0. The summed E-state index contributed by atoms with van der Waals surface area (Å²) >= 11 is 5.75. The number of nitrogens with one attached hydrogen (secondary N) is 1. The molecule has 0 atom stereocenters. The van der Waals surface area contributed by atoms with E-state index in [1.165, 1.54) is 18.3 Å². The summed E-state index contributed by atoms with van der Waals surface area (Å²) in [5, 5.41) is 2.61. The number of rotatable bonds is 2. The molecule has 1 aromatic heterocycles. The Morgan fingerprint density at radius 1 is 1.11 bits per heavy atom. The molecule has 0 saturated heterocycles. The summed E-state index contributed by atoms with van der Waals surface area (Å²) in [6.07, 6.45) is -3.22. The van der Waals surface area contributed by atoms with Gasteiger partial charge in [-0.3, -0.25) is 0 Å². The predicted molar refractivity (Wildman–Crippen MR) is 63.9 cm³/mol. The fourth-order valence-electron chi connectivity index (χ4n) is 1.43. The van der Waals surface area contributed by atoms with Crippen LogP contribution in [0.25, 0.3) is 0 Å². The molecule has 7 heteroatoms. The lowest BCUT2D eigenvalue weighted by Gasteiger charge is -2.11. The highest BCUT2D eigenvalue weighted by Crippen LogP contribution is 2.34. The minimum absolute atomic E-state index is 0.105. The maximum Gasteiger partial charge on any atom is 0.416 e. The van der Waals surface area contributed by atoms with E-state index in [1.54, 1.807) is 0 Å². The van der Waals surface area contributed by atoms with Crippen LogP contribution in [-0.4, -0.2) is 4.98 Å². The third kappa shape index (κ3) is 3.35. The summed E-state index contributed by atoms with van der Waals surface area (Å²) in [5.41, 5.74) is -0.251. The van der Waals surface area contributed by atoms with Crippen LogP contribution in [0.15, 0.2) is 36.5 Å². The van der Waals surface area contributed by atoms with Gasteiger partial charge in [0.05, 0.1) is 16.3 Å². The largest absolute Gasteiger partial charge is 0.416 e. The van der Waals surface area contributed by atoms with Crippen LogP contribution in [0.5, 0.6) is 0 Å². The molecule has 0 spiro atoms. The first kappa shape index (κ1) is 13.6. The molecule has 0 saturated carbocycles. The summed E-state index contributed by atoms with van der Waals surface area (Å²) in [6.45, 7) is 0. The maximum absolute atomic E-state index is 12.9. The first-order valence-electron chi connectivity index (χ1n) is 5.11. The minimum atomic E-state index is -4.45. The molecule has 100 valence electrons. The molecule has 2 aromatic rings. The Morgan fingerprint density at radius 2 is 1.84 bits per heavy atom. The van der Waals surface area contributed by atoms with Crippen LogP contribution in [0.3, 0.4) is 0 Å². The van der Waals surface area contributed by atoms with E-state index in [9.17, 15) is 17.6 Å². The first-order valence-corrected chi connectivity index (χ1v) is 5.49. The van der Waals surface area contributed by atoms with Gasteiger partial charge in [0.15, 0.2) is 0 Å². The maximum atomic E-state index is 12.9. The van der Waals surface area contributed by atoms with Crippen LogP contribution >= 0.6 is 11.6 Å². The van der Waals surface area contributed by atoms with E-state index in [-0.39, 0.29) is 10.7 Å². The number of alkyl halides is 3. The monoisotopic (exact) mass is 290 g/mol. The molecule has 1 aromatic carbocycles. The molecule has 0 fully saturated rings. The van der Waals surface area contributed by atoms with E-state index < -0.39 is 17.7 Å². The molecule has 2 rings (SSSR count). The Bertz CT molecular complexity index is 599. The van der Waals surface area contributed by atoms with Crippen molar-refractivity contribution < 1.29 is 17.6 Å². The molecular formula is C12H7ClF4N2. The van der Waals surface area contributed by atoms with E-state index in [2.05, 4.69) is 10.3 Å². The highest BCUT2D eigenvalue weighted by atomic mass is 35.5. The van der Waals surface area contributed by atoms with Gasteiger partial charge in [0.2, 0.25) is 5.95 Å². The van der Waals surface area contributed by atoms with Crippen molar-refractivity contribution in [1.82, 2.24) is 4.98 Å². The molecule has 0 aliphatic heterocycles. The topological polar surface area (TPSA) is 24.9 Å². The number of hydrogen-bond acceptors (Lipinski definition) is 2. The van der Waals surface area contributed by atoms with Crippen LogP contribution in [0.4, 0.5) is 28.9 Å². The fourth-order valence-corrected chi connectivity index (χ4v) is 1.66. The van der Waals surface area contributed by atoms with Crippen LogP contribution in [0.2, 0.25) is 5.02 Å². The Balaban J connectivity index is 2.27. The van der Waals surface area contributed by atoms with Crippen molar-refractivity contribution in [3.05, 3.63) is 53.1 Å². The van der Waals surface area contributed by atoms with Gasteiger partial charge in [0, 0.05) is 18.0 Å². The van der Waals surface area contributed by atoms with Gasteiger partial charge in [-0.25, -0.2) is 4.98 Å². The number of pyridine rings is 1. The molecule has 0 amide bonds. The third-order valence-electron chi connectivity index (χ3n) is 2.30. The molecule has 19 heavy (non-hydrogen) atoms. The van der Waals surface area contributed by atoms with Crippen molar-refractivity contribution in [2.75, 3.05) is 5.32 Å². The van der Waals surface area contributed by atoms with Crippen molar-refractivity contribution in [3.63, 3.8) is 0 Å².